The maximum atomic E-state index is 13.0. The quantitative estimate of drug-likeness (QED) is 0.660. The molecule has 2 heterocycles. The average Bonchev–Trinajstić information content (AvgIpc) is 3.21. The minimum atomic E-state index is -0.0984. The van der Waals surface area contributed by atoms with Gasteiger partial charge in [0.1, 0.15) is 5.01 Å². The minimum absolute atomic E-state index is 0.0984. The molecule has 1 amide bonds. The SMILES string of the molecule is C[C@@H](C(=O)N[C@H]1CCCc2ccccc21)N1CCN(Cc2nc3ccccc3s2)CC1. The Hall–Kier alpha value is -2.28. The van der Waals surface area contributed by atoms with Gasteiger partial charge in [0.25, 0.3) is 0 Å². The molecule has 162 valence electrons. The number of nitrogens with zero attached hydrogens (tertiary/aromatic N) is 3. The van der Waals surface area contributed by atoms with Crippen LogP contribution in [0.4, 0.5) is 0 Å². The van der Waals surface area contributed by atoms with E-state index in [-0.39, 0.29) is 18.0 Å². The maximum Gasteiger partial charge on any atom is 0.237 e. The zero-order chi connectivity index (χ0) is 21.2. The number of rotatable bonds is 5. The first-order chi connectivity index (χ1) is 15.2. The number of fused-ring (bicyclic) bond motifs is 2. The summed E-state index contributed by atoms with van der Waals surface area (Å²) in [4.78, 5) is 22.6. The number of carbonyl (C=O) groups is 1. The Kier molecular flexibility index (Phi) is 6.03. The predicted octanol–water partition coefficient (Wildman–Crippen LogP) is 4.00. The summed E-state index contributed by atoms with van der Waals surface area (Å²) in [7, 11) is 0. The van der Waals surface area contributed by atoms with E-state index in [0.29, 0.717) is 0 Å². The number of benzene rings is 2. The first-order valence-corrected chi connectivity index (χ1v) is 12.2. The lowest BCUT2D eigenvalue weighted by Gasteiger charge is -2.38. The molecule has 1 aliphatic heterocycles. The topological polar surface area (TPSA) is 48.5 Å². The third kappa shape index (κ3) is 4.52. The van der Waals surface area contributed by atoms with Gasteiger partial charge in [-0.2, -0.15) is 0 Å². The number of aromatic nitrogens is 1. The van der Waals surface area contributed by atoms with Gasteiger partial charge in [-0.3, -0.25) is 14.6 Å². The van der Waals surface area contributed by atoms with Gasteiger partial charge in [0.2, 0.25) is 5.91 Å². The molecule has 5 rings (SSSR count). The van der Waals surface area contributed by atoms with Crippen LogP contribution in [0.25, 0.3) is 10.2 Å². The molecule has 3 aromatic rings. The van der Waals surface area contributed by atoms with Gasteiger partial charge in [-0.15, -0.1) is 11.3 Å². The van der Waals surface area contributed by atoms with Crippen molar-refractivity contribution in [2.75, 3.05) is 26.2 Å². The van der Waals surface area contributed by atoms with Crippen LogP contribution in [0, 0.1) is 0 Å². The van der Waals surface area contributed by atoms with Crippen LogP contribution in [-0.4, -0.2) is 52.9 Å². The Balaban J connectivity index is 1.15. The Morgan fingerprint density at radius 3 is 2.74 bits per heavy atom. The average molecular weight is 435 g/mol. The highest BCUT2D eigenvalue weighted by Gasteiger charge is 2.29. The van der Waals surface area contributed by atoms with E-state index in [2.05, 4.69) is 57.6 Å². The molecule has 0 saturated carbocycles. The van der Waals surface area contributed by atoms with E-state index in [0.717, 1.165) is 57.5 Å². The van der Waals surface area contributed by atoms with E-state index in [9.17, 15) is 4.79 Å². The van der Waals surface area contributed by atoms with Crippen LogP contribution in [0.2, 0.25) is 0 Å². The standard InChI is InChI=1S/C25H30N4OS/c1-18(25(30)27-21-11-6-8-19-7-2-3-9-20(19)21)29-15-13-28(14-16-29)17-24-26-22-10-4-5-12-23(22)31-24/h2-5,7,9-10,12,18,21H,6,8,11,13-17H2,1H3,(H,27,30)/t18-,21-/m0/s1. The molecule has 0 unspecified atom stereocenters. The molecule has 0 bridgehead atoms. The largest absolute Gasteiger partial charge is 0.348 e. The number of aryl methyl sites for hydroxylation is 1. The van der Waals surface area contributed by atoms with Gasteiger partial charge < -0.3 is 5.32 Å². The van der Waals surface area contributed by atoms with Crippen molar-refractivity contribution in [1.29, 1.82) is 0 Å². The van der Waals surface area contributed by atoms with Crippen molar-refractivity contribution in [3.05, 3.63) is 64.7 Å². The number of piperazine rings is 1. The van der Waals surface area contributed by atoms with Gasteiger partial charge in [0.15, 0.2) is 0 Å². The lowest BCUT2D eigenvalue weighted by atomic mass is 9.87. The summed E-state index contributed by atoms with van der Waals surface area (Å²) in [6, 6.07) is 16.9. The highest BCUT2D eigenvalue weighted by atomic mass is 32.1. The number of para-hydroxylation sites is 1. The normalized spacial score (nSPS) is 21.0. The molecule has 2 aliphatic rings. The van der Waals surface area contributed by atoms with E-state index in [1.807, 2.05) is 13.0 Å². The summed E-state index contributed by atoms with van der Waals surface area (Å²) in [6.45, 7) is 6.72. The molecular formula is C25H30N4OS. The fourth-order valence-electron chi connectivity index (χ4n) is 4.85. The minimum Gasteiger partial charge on any atom is -0.348 e. The Morgan fingerprint density at radius 2 is 1.90 bits per heavy atom. The molecule has 5 nitrogen and oxygen atoms in total. The molecule has 1 aliphatic carbocycles. The van der Waals surface area contributed by atoms with Crippen LogP contribution < -0.4 is 5.32 Å². The number of amides is 1. The third-order valence-corrected chi connectivity index (χ3v) is 7.74. The van der Waals surface area contributed by atoms with Crippen LogP contribution in [0.15, 0.2) is 48.5 Å². The summed E-state index contributed by atoms with van der Waals surface area (Å²) < 4.78 is 1.26. The van der Waals surface area contributed by atoms with Gasteiger partial charge in [-0.05, 0) is 49.4 Å². The lowest BCUT2D eigenvalue weighted by Crippen LogP contribution is -2.54. The van der Waals surface area contributed by atoms with Crippen LogP contribution in [0.1, 0.15) is 41.9 Å². The summed E-state index contributed by atoms with van der Waals surface area (Å²) in [5.41, 5.74) is 3.78. The molecule has 31 heavy (non-hydrogen) atoms. The summed E-state index contributed by atoms with van der Waals surface area (Å²) in [5, 5.41) is 4.51. The summed E-state index contributed by atoms with van der Waals surface area (Å²) >= 11 is 1.79. The van der Waals surface area contributed by atoms with Gasteiger partial charge in [-0.25, -0.2) is 4.98 Å². The van der Waals surface area contributed by atoms with E-state index >= 15 is 0 Å². The second kappa shape index (κ2) is 9.07. The Labute approximate surface area is 188 Å². The van der Waals surface area contributed by atoms with E-state index in [4.69, 9.17) is 4.98 Å². The molecule has 1 saturated heterocycles. The van der Waals surface area contributed by atoms with Crippen molar-refractivity contribution in [2.24, 2.45) is 0 Å². The summed E-state index contributed by atoms with van der Waals surface area (Å²) in [5.74, 6) is 0.154. The van der Waals surface area contributed by atoms with Gasteiger partial charge in [0, 0.05) is 26.2 Å². The number of carbonyl (C=O) groups excluding carboxylic acids is 1. The van der Waals surface area contributed by atoms with Crippen LogP contribution in [0.3, 0.4) is 0 Å². The van der Waals surface area contributed by atoms with Crippen LogP contribution >= 0.6 is 11.3 Å². The Bertz CT molecular complexity index is 1020. The molecular weight excluding hydrogens is 404 g/mol. The van der Waals surface area contributed by atoms with Gasteiger partial charge in [0.05, 0.1) is 28.8 Å². The van der Waals surface area contributed by atoms with Gasteiger partial charge in [-0.1, -0.05) is 36.4 Å². The number of hydrogen-bond donors (Lipinski definition) is 1. The number of nitrogens with one attached hydrogen (secondary N) is 1. The zero-order valence-corrected chi connectivity index (χ0v) is 18.9. The summed E-state index contributed by atoms with van der Waals surface area (Å²) in [6.07, 6.45) is 3.29. The molecule has 1 fully saturated rings. The molecule has 1 aromatic heterocycles. The smallest absolute Gasteiger partial charge is 0.237 e. The Morgan fingerprint density at radius 1 is 1.13 bits per heavy atom. The molecule has 2 aromatic carbocycles. The van der Waals surface area contributed by atoms with Crippen molar-refractivity contribution in [3.63, 3.8) is 0 Å². The third-order valence-electron chi connectivity index (χ3n) is 6.72. The van der Waals surface area contributed by atoms with E-state index in [1.165, 1.54) is 20.8 Å². The van der Waals surface area contributed by atoms with Crippen molar-refractivity contribution < 1.29 is 4.79 Å². The highest BCUT2D eigenvalue weighted by Crippen LogP contribution is 2.29. The first-order valence-electron chi connectivity index (χ1n) is 11.4. The fourth-order valence-corrected chi connectivity index (χ4v) is 5.86. The predicted molar refractivity (Wildman–Crippen MR) is 126 cm³/mol. The molecule has 0 spiro atoms. The fraction of sp³-hybridized carbons (Fsp3) is 0.440. The number of thiazole rings is 1. The molecule has 0 radical (unpaired) electrons. The molecule has 2 atom stereocenters. The van der Waals surface area contributed by atoms with Crippen molar-refractivity contribution in [1.82, 2.24) is 20.1 Å². The van der Waals surface area contributed by atoms with Crippen molar-refractivity contribution >= 4 is 27.5 Å². The van der Waals surface area contributed by atoms with Gasteiger partial charge >= 0.3 is 0 Å². The first kappa shape index (κ1) is 20.6. The second-order valence-corrected chi connectivity index (χ2v) is 9.83. The van der Waals surface area contributed by atoms with Crippen LogP contribution in [-0.2, 0) is 17.8 Å². The van der Waals surface area contributed by atoms with E-state index < -0.39 is 0 Å². The van der Waals surface area contributed by atoms with E-state index in [1.54, 1.807) is 11.3 Å². The number of hydrogen-bond acceptors (Lipinski definition) is 5. The van der Waals surface area contributed by atoms with Crippen molar-refractivity contribution in [3.8, 4) is 0 Å². The molecule has 1 N–H and O–H groups in total. The zero-order valence-electron chi connectivity index (χ0n) is 18.1. The molecule has 6 heteroatoms. The maximum absolute atomic E-state index is 13.0. The van der Waals surface area contributed by atoms with Crippen LogP contribution in [0.5, 0.6) is 0 Å². The monoisotopic (exact) mass is 434 g/mol. The lowest BCUT2D eigenvalue weighted by molar-refractivity contribution is -0.127. The van der Waals surface area contributed by atoms with Crippen molar-refractivity contribution in [2.45, 2.75) is 44.8 Å². The highest BCUT2D eigenvalue weighted by molar-refractivity contribution is 7.18. The second-order valence-electron chi connectivity index (χ2n) is 8.72.